The lowest BCUT2D eigenvalue weighted by Gasteiger charge is -2.29. The van der Waals surface area contributed by atoms with Crippen LogP contribution in [0.4, 0.5) is 0 Å². The van der Waals surface area contributed by atoms with Crippen molar-refractivity contribution in [1.29, 1.82) is 0 Å². The van der Waals surface area contributed by atoms with Gasteiger partial charge < -0.3 is 9.64 Å². The van der Waals surface area contributed by atoms with Gasteiger partial charge in [-0.2, -0.15) is 0 Å². The van der Waals surface area contributed by atoms with E-state index in [0.717, 1.165) is 24.8 Å². The van der Waals surface area contributed by atoms with Crippen LogP contribution in [-0.4, -0.2) is 35.2 Å². The average Bonchev–Trinajstić information content (AvgIpc) is 3.10. The Hall–Kier alpha value is -1.20. The molecule has 1 heterocycles. The Morgan fingerprint density at radius 3 is 2.56 bits per heavy atom. The average molecular weight is 412 g/mol. The van der Waals surface area contributed by atoms with Crippen LogP contribution in [0.5, 0.6) is 0 Å². The molecule has 1 aliphatic rings. The van der Waals surface area contributed by atoms with Crippen molar-refractivity contribution < 1.29 is 14.3 Å². The fraction of sp³-hybridized carbons (Fsp3) is 0.619. The Kier molecular flexibility index (Phi) is 9.49. The van der Waals surface area contributed by atoms with Gasteiger partial charge in [0, 0.05) is 22.8 Å². The van der Waals surface area contributed by atoms with E-state index >= 15 is 0 Å². The van der Waals surface area contributed by atoms with Crippen LogP contribution >= 0.6 is 23.4 Å². The zero-order valence-corrected chi connectivity index (χ0v) is 17.9. The fourth-order valence-corrected chi connectivity index (χ4v) is 5.11. The molecule has 1 aliphatic heterocycles. The van der Waals surface area contributed by atoms with Crippen LogP contribution in [0.1, 0.15) is 69.7 Å². The Morgan fingerprint density at radius 1 is 1.15 bits per heavy atom. The number of carbonyl (C=O) groups excluding carboxylic acids is 2. The number of esters is 1. The van der Waals surface area contributed by atoms with Crippen LogP contribution in [0.3, 0.4) is 0 Å². The monoisotopic (exact) mass is 411 g/mol. The topological polar surface area (TPSA) is 46.6 Å². The molecule has 0 aromatic heterocycles. The molecule has 150 valence electrons. The van der Waals surface area contributed by atoms with E-state index in [9.17, 15) is 9.59 Å². The maximum absolute atomic E-state index is 13.0. The molecule has 2 unspecified atom stereocenters. The van der Waals surface area contributed by atoms with Crippen molar-refractivity contribution in [3.8, 4) is 0 Å². The molecule has 0 radical (unpaired) electrons. The summed E-state index contributed by atoms with van der Waals surface area (Å²) in [4.78, 5) is 27.1. The van der Waals surface area contributed by atoms with Gasteiger partial charge in [0.2, 0.25) is 5.91 Å². The Balaban J connectivity index is 2.07. The number of halogens is 1. The highest BCUT2D eigenvalue weighted by Crippen LogP contribution is 2.44. The lowest BCUT2D eigenvalue weighted by Crippen LogP contribution is -2.43. The van der Waals surface area contributed by atoms with Crippen LogP contribution < -0.4 is 0 Å². The van der Waals surface area contributed by atoms with E-state index in [2.05, 4.69) is 6.92 Å². The molecular weight excluding hydrogens is 382 g/mol. The number of ether oxygens (including phenoxy) is 1. The first-order chi connectivity index (χ1) is 13.1. The molecule has 2 atom stereocenters. The molecule has 4 nitrogen and oxygen atoms in total. The number of hydrogen-bond donors (Lipinski definition) is 0. The van der Waals surface area contributed by atoms with Gasteiger partial charge in [0.05, 0.1) is 6.61 Å². The maximum atomic E-state index is 13.0. The smallest absolute Gasteiger partial charge is 0.329 e. The molecule has 1 aromatic carbocycles. The first kappa shape index (κ1) is 22.1. The molecule has 0 N–H and O–H groups in total. The van der Waals surface area contributed by atoms with Crippen molar-refractivity contribution in [3.05, 3.63) is 34.9 Å². The Labute approximate surface area is 172 Å². The minimum Gasteiger partial charge on any atom is -0.464 e. The largest absolute Gasteiger partial charge is 0.464 e. The van der Waals surface area contributed by atoms with E-state index < -0.39 is 6.04 Å². The summed E-state index contributed by atoms with van der Waals surface area (Å²) in [6.45, 7) is 4.29. The molecule has 1 saturated heterocycles. The molecule has 0 aliphatic carbocycles. The van der Waals surface area contributed by atoms with Crippen molar-refractivity contribution in [2.75, 3.05) is 12.4 Å². The number of thioether (sulfide) groups is 1. The minimum absolute atomic E-state index is 0.0125. The molecule has 1 aromatic rings. The second kappa shape index (κ2) is 11.6. The number of rotatable bonds is 10. The summed E-state index contributed by atoms with van der Waals surface area (Å²) in [5, 5.41) is 0.387. The third-order valence-corrected chi connectivity index (χ3v) is 6.41. The van der Waals surface area contributed by atoms with Crippen molar-refractivity contribution in [1.82, 2.24) is 4.90 Å². The van der Waals surface area contributed by atoms with Gasteiger partial charge in [-0.3, -0.25) is 4.79 Å². The molecule has 27 heavy (non-hydrogen) atoms. The van der Waals surface area contributed by atoms with Crippen LogP contribution in [-0.2, 0) is 14.3 Å². The molecule has 0 bridgehead atoms. The van der Waals surface area contributed by atoms with Crippen LogP contribution in [0.25, 0.3) is 0 Å². The van der Waals surface area contributed by atoms with Gasteiger partial charge in [0.25, 0.3) is 0 Å². The quantitative estimate of drug-likeness (QED) is 0.371. The van der Waals surface area contributed by atoms with E-state index in [1.54, 1.807) is 23.6 Å². The number of carbonyl (C=O) groups is 2. The summed E-state index contributed by atoms with van der Waals surface area (Å²) < 4.78 is 5.21. The molecule has 1 fully saturated rings. The molecule has 1 amide bonds. The van der Waals surface area contributed by atoms with Crippen molar-refractivity contribution in [2.45, 2.75) is 70.2 Å². The first-order valence-electron chi connectivity index (χ1n) is 9.94. The SMILES string of the molecule is CCCCCCCCC(=O)N1C(C(=O)OCC)CSC1c1ccccc1Cl. The standard InChI is InChI=1S/C21H30ClNO3S/c1-3-5-6-7-8-9-14-19(24)23-18(21(25)26-4-2)15-27-20(23)16-12-10-11-13-17(16)22/h10-13,18,20H,3-9,14-15H2,1-2H3. The highest BCUT2D eigenvalue weighted by Gasteiger charge is 2.43. The number of unbranched alkanes of at least 4 members (excludes halogenated alkanes) is 5. The van der Waals surface area contributed by atoms with E-state index in [-0.39, 0.29) is 17.3 Å². The van der Waals surface area contributed by atoms with Gasteiger partial charge >= 0.3 is 5.97 Å². The van der Waals surface area contributed by atoms with E-state index in [1.165, 1.54) is 19.3 Å². The van der Waals surface area contributed by atoms with Crippen LogP contribution in [0.2, 0.25) is 5.02 Å². The molecule has 0 saturated carbocycles. The molecule has 6 heteroatoms. The van der Waals surface area contributed by atoms with E-state index in [0.29, 0.717) is 23.8 Å². The predicted molar refractivity (Wildman–Crippen MR) is 112 cm³/mol. The van der Waals surface area contributed by atoms with Gasteiger partial charge in [0.1, 0.15) is 11.4 Å². The van der Waals surface area contributed by atoms with Gasteiger partial charge in [-0.25, -0.2) is 4.79 Å². The van der Waals surface area contributed by atoms with E-state index in [1.807, 2.05) is 24.3 Å². The summed E-state index contributed by atoms with van der Waals surface area (Å²) in [5.74, 6) is 0.228. The van der Waals surface area contributed by atoms with Crippen LogP contribution in [0, 0.1) is 0 Å². The summed E-state index contributed by atoms with van der Waals surface area (Å²) in [6.07, 6.45) is 7.20. The predicted octanol–water partition coefficient (Wildman–Crippen LogP) is 5.60. The fourth-order valence-electron chi connectivity index (χ4n) is 3.33. The third-order valence-electron chi connectivity index (χ3n) is 4.76. The Morgan fingerprint density at radius 2 is 1.85 bits per heavy atom. The highest BCUT2D eigenvalue weighted by molar-refractivity contribution is 7.99. The summed E-state index contributed by atoms with van der Waals surface area (Å²) in [6, 6.07) is 7.00. The summed E-state index contributed by atoms with van der Waals surface area (Å²) in [7, 11) is 0. The van der Waals surface area contributed by atoms with Gasteiger partial charge in [-0.05, 0) is 19.4 Å². The minimum atomic E-state index is -0.538. The number of hydrogen-bond acceptors (Lipinski definition) is 4. The molecule has 2 rings (SSSR count). The van der Waals surface area contributed by atoms with Crippen molar-refractivity contribution in [2.24, 2.45) is 0 Å². The van der Waals surface area contributed by atoms with Gasteiger partial charge in [0.15, 0.2) is 0 Å². The summed E-state index contributed by atoms with van der Waals surface area (Å²) in [5.41, 5.74) is 0.882. The van der Waals surface area contributed by atoms with Crippen molar-refractivity contribution >= 4 is 35.2 Å². The molecular formula is C21H30ClNO3S. The highest BCUT2D eigenvalue weighted by atomic mass is 35.5. The lowest BCUT2D eigenvalue weighted by atomic mass is 10.1. The third kappa shape index (κ3) is 6.15. The zero-order valence-electron chi connectivity index (χ0n) is 16.3. The Bertz CT molecular complexity index is 625. The maximum Gasteiger partial charge on any atom is 0.329 e. The van der Waals surface area contributed by atoms with Crippen LogP contribution in [0.15, 0.2) is 24.3 Å². The van der Waals surface area contributed by atoms with Gasteiger partial charge in [-0.1, -0.05) is 68.8 Å². The second-order valence-electron chi connectivity index (χ2n) is 6.79. The normalized spacial score (nSPS) is 19.3. The zero-order chi connectivity index (χ0) is 19.6. The number of benzene rings is 1. The van der Waals surface area contributed by atoms with E-state index in [4.69, 9.17) is 16.3 Å². The first-order valence-corrected chi connectivity index (χ1v) is 11.4. The van der Waals surface area contributed by atoms with Gasteiger partial charge in [-0.15, -0.1) is 11.8 Å². The van der Waals surface area contributed by atoms with Crippen molar-refractivity contribution in [3.63, 3.8) is 0 Å². The summed E-state index contributed by atoms with van der Waals surface area (Å²) >= 11 is 7.95. The number of nitrogens with zero attached hydrogens (tertiary/aromatic N) is 1. The lowest BCUT2D eigenvalue weighted by molar-refractivity contribution is -0.153. The second-order valence-corrected chi connectivity index (χ2v) is 8.31. The number of amides is 1. The molecule has 0 spiro atoms.